The van der Waals surface area contributed by atoms with Crippen LogP contribution in [0.2, 0.25) is 0 Å². The van der Waals surface area contributed by atoms with Gasteiger partial charge in [-0.1, -0.05) is 60.7 Å². The molecule has 0 saturated carbocycles. The molecule has 0 aliphatic carbocycles. The monoisotopic (exact) mass is 891 g/mol. The Balaban J connectivity index is 0.912. The van der Waals surface area contributed by atoms with Crippen LogP contribution in [0.3, 0.4) is 0 Å². The van der Waals surface area contributed by atoms with Crippen LogP contribution in [0.4, 0.5) is 24.1 Å². The fourth-order valence-electron chi connectivity index (χ4n) is 9.25. The number of amides is 4. The van der Waals surface area contributed by atoms with Crippen molar-refractivity contribution in [2.24, 2.45) is 0 Å². The molecule has 5 heterocycles. The number of alkyl carbamates (subject to hydrolysis) is 2. The molecule has 8 rings (SSSR count). The van der Waals surface area contributed by atoms with Crippen molar-refractivity contribution in [2.75, 3.05) is 38.2 Å². The molecule has 0 bridgehead atoms. The van der Waals surface area contributed by atoms with Crippen LogP contribution in [0, 0.1) is 11.6 Å². The minimum atomic E-state index is -1.00. The number of methoxy groups -OCH3 is 1. The number of piperidine rings is 1. The van der Waals surface area contributed by atoms with E-state index in [0.29, 0.717) is 86.8 Å². The first-order valence-corrected chi connectivity index (χ1v) is 22.2. The SMILES string of the molecule is COC(=O)NC(C(=O)N1CCCC1c1ncc(C2CCN(c3c(F)cc(-c4cnc(C5CCCN5C(=O)C(NC(=O)OC(C)(C)C)c5ccccc5)[nH]4)cc3F)CC2)[nH]1)c1ccccc1. The van der Waals surface area contributed by atoms with E-state index in [4.69, 9.17) is 14.5 Å². The van der Waals surface area contributed by atoms with Gasteiger partial charge in [0.1, 0.15) is 46.7 Å². The molecule has 65 heavy (non-hydrogen) atoms. The second kappa shape index (κ2) is 19.1. The van der Waals surface area contributed by atoms with Crippen LogP contribution in [-0.4, -0.2) is 92.6 Å². The summed E-state index contributed by atoms with van der Waals surface area (Å²) in [5.74, 6) is -0.781. The highest BCUT2D eigenvalue weighted by molar-refractivity contribution is 5.88. The van der Waals surface area contributed by atoms with Crippen molar-refractivity contribution in [1.29, 1.82) is 0 Å². The third kappa shape index (κ3) is 9.98. The highest BCUT2D eigenvalue weighted by Crippen LogP contribution is 2.39. The molecule has 0 radical (unpaired) electrons. The summed E-state index contributed by atoms with van der Waals surface area (Å²) in [6, 6.07) is 17.9. The van der Waals surface area contributed by atoms with Gasteiger partial charge in [-0.3, -0.25) is 9.59 Å². The predicted octanol–water partition coefficient (Wildman–Crippen LogP) is 8.15. The maximum Gasteiger partial charge on any atom is 0.408 e. The van der Waals surface area contributed by atoms with Crippen molar-refractivity contribution in [2.45, 2.75) is 95.0 Å². The number of aromatic nitrogens is 4. The number of carbonyl (C=O) groups is 4. The Kier molecular flexibility index (Phi) is 13.2. The Labute approximate surface area is 376 Å². The molecular weight excluding hydrogens is 837 g/mol. The van der Waals surface area contributed by atoms with Crippen LogP contribution in [0.5, 0.6) is 0 Å². The van der Waals surface area contributed by atoms with Gasteiger partial charge in [-0.25, -0.2) is 28.3 Å². The standard InChI is InChI=1S/C48H55F2N9O6/c1-48(2,3)65-47(63)56-40(31-15-9-6-10-16-31)45(61)59-22-12-18-38(59)43-52-28-36(54-43)32-25-33(49)41(34(50)26-32)57-23-19-29(20-24-57)35-27-51-42(53-35)37-17-11-21-58(37)44(60)39(55-46(62)64-4)30-13-7-5-8-14-30/h5-10,13-16,25-29,37-40H,11-12,17-24H2,1-4H3,(H,51,53)(H,52,54)(H,55,62)(H,56,63). The number of aromatic amines is 2. The van der Waals surface area contributed by atoms with E-state index in [9.17, 15) is 19.2 Å². The number of hydrogen-bond acceptors (Lipinski definition) is 9. The zero-order valence-corrected chi connectivity index (χ0v) is 37.0. The molecule has 3 fully saturated rings. The molecular formula is C48H55F2N9O6. The van der Waals surface area contributed by atoms with E-state index < -0.39 is 47.5 Å². The summed E-state index contributed by atoms with van der Waals surface area (Å²) in [6.07, 6.45) is 5.90. The van der Waals surface area contributed by atoms with E-state index in [2.05, 4.69) is 25.6 Å². The van der Waals surface area contributed by atoms with Crippen molar-refractivity contribution in [1.82, 2.24) is 40.4 Å². The van der Waals surface area contributed by atoms with Gasteiger partial charge in [-0.15, -0.1) is 0 Å². The molecule has 5 aromatic rings. The molecule has 3 saturated heterocycles. The molecule has 17 heteroatoms. The molecule has 0 spiro atoms. The zero-order valence-electron chi connectivity index (χ0n) is 37.0. The molecule has 3 aliphatic heterocycles. The first kappa shape index (κ1) is 44.8. The third-order valence-corrected chi connectivity index (χ3v) is 12.4. The first-order valence-electron chi connectivity index (χ1n) is 22.2. The van der Waals surface area contributed by atoms with E-state index in [1.54, 1.807) is 78.1 Å². The minimum Gasteiger partial charge on any atom is -0.453 e. The fourth-order valence-corrected chi connectivity index (χ4v) is 9.25. The Morgan fingerprint density at radius 3 is 1.74 bits per heavy atom. The van der Waals surface area contributed by atoms with Gasteiger partial charge >= 0.3 is 12.2 Å². The molecule has 3 aromatic carbocycles. The summed E-state index contributed by atoms with van der Waals surface area (Å²) in [4.78, 5) is 74.3. The largest absolute Gasteiger partial charge is 0.453 e. The molecule has 4 amide bonds. The maximum absolute atomic E-state index is 16.0. The highest BCUT2D eigenvalue weighted by Gasteiger charge is 2.39. The first-order chi connectivity index (χ1) is 31.3. The van der Waals surface area contributed by atoms with Crippen LogP contribution in [0.1, 0.15) is 118 Å². The smallest absolute Gasteiger partial charge is 0.408 e. The van der Waals surface area contributed by atoms with E-state index >= 15 is 8.78 Å². The van der Waals surface area contributed by atoms with Crippen molar-refractivity contribution < 1.29 is 37.4 Å². The summed E-state index contributed by atoms with van der Waals surface area (Å²) >= 11 is 0. The number of hydrogen-bond donors (Lipinski definition) is 4. The minimum absolute atomic E-state index is 0.0584. The van der Waals surface area contributed by atoms with Gasteiger partial charge in [0.2, 0.25) is 0 Å². The molecule has 4 atom stereocenters. The van der Waals surface area contributed by atoms with E-state index in [0.717, 1.165) is 12.1 Å². The molecule has 342 valence electrons. The Morgan fingerprint density at radius 1 is 0.708 bits per heavy atom. The number of nitrogens with zero attached hydrogens (tertiary/aromatic N) is 5. The number of H-pyrrole nitrogens is 2. The van der Waals surface area contributed by atoms with Crippen LogP contribution < -0.4 is 15.5 Å². The van der Waals surface area contributed by atoms with Gasteiger partial charge in [0, 0.05) is 49.6 Å². The third-order valence-electron chi connectivity index (χ3n) is 12.4. The highest BCUT2D eigenvalue weighted by atomic mass is 19.1. The topological polar surface area (TPSA) is 178 Å². The Morgan fingerprint density at radius 2 is 1.22 bits per heavy atom. The van der Waals surface area contributed by atoms with Crippen molar-refractivity contribution in [3.05, 3.63) is 125 Å². The number of halogens is 2. The van der Waals surface area contributed by atoms with Crippen molar-refractivity contribution in [3.8, 4) is 11.3 Å². The van der Waals surface area contributed by atoms with E-state index in [-0.39, 0.29) is 35.0 Å². The normalized spacial score (nSPS) is 18.9. The number of benzene rings is 3. The predicted molar refractivity (Wildman–Crippen MR) is 237 cm³/mol. The van der Waals surface area contributed by atoms with Gasteiger partial charge < -0.3 is 44.8 Å². The second-order valence-corrected chi connectivity index (χ2v) is 17.8. The summed E-state index contributed by atoms with van der Waals surface area (Å²) in [5, 5.41) is 5.44. The Bertz CT molecular complexity index is 2460. The molecule has 15 nitrogen and oxygen atoms in total. The number of anilines is 1. The summed E-state index contributed by atoms with van der Waals surface area (Å²) in [7, 11) is 1.26. The van der Waals surface area contributed by atoms with Gasteiger partial charge in [0.05, 0.1) is 31.1 Å². The van der Waals surface area contributed by atoms with Crippen molar-refractivity contribution in [3.63, 3.8) is 0 Å². The number of nitrogens with one attached hydrogen (secondary N) is 4. The number of imidazole rings is 2. The molecule has 4 N–H and O–H groups in total. The van der Waals surface area contributed by atoms with Crippen molar-refractivity contribution >= 4 is 29.7 Å². The van der Waals surface area contributed by atoms with Gasteiger partial charge in [0.15, 0.2) is 0 Å². The Hall–Kier alpha value is -6.78. The van der Waals surface area contributed by atoms with E-state index in [1.165, 1.54) is 25.4 Å². The van der Waals surface area contributed by atoms with Crippen LogP contribution >= 0.6 is 0 Å². The number of rotatable bonds is 11. The lowest BCUT2D eigenvalue weighted by molar-refractivity contribution is -0.135. The van der Waals surface area contributed by atoms with Crippen LogP contribution in [0.15, 0.2) is 85.2 Å². The van der Waals surface area contributed by atoms with Gasteiger partial charge in [0.25, 0.3) is 11.8 Å². The fraction of sp³-hybridized carbons (Fsp3) is 0.417. The molecule has 3 aliphatic rings. The van der Waals surface area contributed by atoms with Crippen LogP contribution in [-0.2, 0) is 19.1 Å². The lowest BCUT2D eigenvalue weighted by Gasteiger charge is -2.33. The lowest BCUT2D eigenvalue weighted by atomic mass is 9.93. The number of carbonyl (C=O) groups excluding carboxylic acids is 4. The molecule has 4 unspecified atom stereocenters. The number of ether oxygens (including phenoxy) is 2. The van der Waals surface area contributed by atoms with Crippen LogP contribution in [0.25, 0.3) is 11.3 Å². The summed E-state index contributed by atoms with van der Waals surface area (Å²) in [6.45, 7) is 7.00. The average molecular weight is 892 g/mol. The summed E-state index contributed by atoms with van der Waals surface area (Å²) < 4.78 is 42.2. The van der Waals surface area contributed by atoms with Gasteiger partial charge in [-0.05, 0) is 82.6 Å². The molecule has 2 aromatic heterocycles. The van der Waals surface area contributed by atoms with Gasteiger partial charge in [-0.2, -0.15) is 0 Å². The average Bonchev–Trinajstić information content (AvgIpc) is 4.14. The maximum atomic E-state index is 16.0. The number of likely N-dealkylation sites (tertiary alicyclic amines) is 2. The zero-order chi connectivity index (χ0) is 45.8. The second-order valence-electron chi connectivity index (χ2n) is 17.8. The quantitative estimate of drug-likeness (QED) is 0.102. The summed E-state index contributed by atoms with van der Waals surface area (Å²) in [5.41, 5.74) is 1.97. The van der Waals surface area contributed by atoms with E-state index in [1.807, 2.05) is 24.3 Å². The lowest BCUT2D eigenvalue weighted by Crippen LogP contribution is -2.44.